The van der Waals surface area contributed by atoms with Crippen molar-refractivity contribution in [3.05, 3.63) is 27.3 Å². The number of halogens is 1. The maximum Gasteiger partial charge on any atom is 0.175 e. The van der Waals surface area contributed by atoms with E-state index in [2.05, 4.69) is 41.6 Å². The fraction of sp³-hybridized carbons (Fsp3) is 0.200. The highest BCUT2D eigenvalue weighted by Crippen LogP contribution is 2.38. The molecule has 0 saturated heterocycles. The van der Waals surface area contributed by atoms with Crippen LogP contribution in [0, 0.1) is 3.57 Å². The first kappa shape index (κ1) is 9.27. The maximum atomic E-state index is 9.67. The smallest absolute Gasteiger partial charge is 0.175 e. The van der Waals surface area contributed by atoms with Gasteiger partial charge in [0.05, 0.1) is 0 Å². The van der Waals surface area contributed by atoms with Crippen molar-refractivity contribution < 1.29 is 5.11 Å². The lowest BCUT2D eigenvalue weighted by Gasteiger charge is -1.97. The zero-order valence-electron chi connectivity index (χ0n) is 7.17. The second-order valence-electron chi connectivity index (χ2n) is 2.85. The molecule has 0 unspecified atom stereocenters. The van der Waals surface area contributed by atoms with Crippen LogP contribution in [0.2, 0.25) is 0 Å². The van der Waals surface area contributed by atoms with Crippen LogP contribution < -0.4 is 0 Å². The number of hydrogen-bond donors (Lipinski definition) is 1. The van der Waals surface area contributed by atoms with Gasteiger partial charge in [-0.3, -0.25) is 0 Å². The molecule has 2 rings (SSSR count). The fourth-order valence-corrected chi connectivity index (χ4v) is 3.55. The van der Waals surface area contributed by atoms with E-state index in [1.54, 1.807) is 0 Å². The SMILES string of the molecule is CCc1c(O)sc2cccc(I)c12. The van der Waals surface area contributed by atoms with Crippen molar-refractivity contribution in [1.82, 2.24) is 0 Å². The molecule has 68 valence electrons. The number of hydrogen-bond acceptors (Lipinski definition) is 2. The predicted molar refractivity (Wildman–Crippen MR) is 65.6 cm³/mol. The first-order chi connectivity index (χ1) is 6.24. The van der Waals surface area contributed by atoms with Crippen LogP contribution >= 0.6 is 33.9 Å². The summed E-state index contributed by atoms with van der Waals surface area (Å²) in [6, 6.07) is 6.16. The fourth-order valence-electron chi connectivity index (χ4n) is 1.48. The highest BCUT2D eigenvalue weighted by atomic mass is 127. The topological polar surface area (TPSA) is 20.2 Å². The van der Waals surface area contributed by atoms with Crippen molar-refractivity contribution in [2.75, 3.05) is 0 Å². The summed E-state index contributed by atoms with van der Waals surface area (Å²) in [4.78, 5) is 0. The maximum absolute atomic E-state index is 9.67. The van der Waals surface area contributed by atoms with Gasteiger partial charge in [0.1, 0.15) is 0 Å². The summed E-state index contributed by atoms with van der Waals surface area (Å²) >= 11 is 3.78. The number of aryl methyl sites for hydroxylation is 1. The standard InChI is InChI=1S/C10H9IOS/c1-2-6-9-7(11)4-3-5-8(9)13-10(6)12/h3-5,12H,2H2,1H3. The quantitative estimate of drug-likeness (QED) is 0.795. The molecule has 0 radical (unpaired) electrons. The number of fused-ring (bicyclic) bond motifs is 1. The predicted octanol–water partition coefficient (Wildman–Crippen LogP) is 3.77. The minimum absolute atomic E-state index is 0.474. The molecule has 0 fully saturated rings. The lowest BCUT2D eigenvalue weighted by molar-refractivity contribution is 0.485. The molecule has 13 heavy (non-hydrogen) atoms. The molecule has 1 N–H and O–H groups in total. The van der Waals surface area contributed by atoms with Gasteiger partial charge in [-0.25, -0.2) is 0 Å². The number of thiophene rings is 1. The van der Waals surface area contributed by atoms with Gasteiger partial charge in [-0.15, -0.1) is 0 Å². The van der Waals surface area contributed by atoms with E-state index in [1.165, 1.54) is 25.0 Å². The van der Waals surface area contributed by atoms with E-state index in [-0.39, 0.29) is 0 Å². The summed E-state index contributed by atoms with van der Waals surface area (Å²) in [6.45, 7) is 2.07. The Balaban J connectivity index is 2.88. The molecule has 0 aliphatic heterocycles. The third-order valence-corrected chi connectivity index (χ3v) is 3.99. The molecule has 2 aromatic rings. The van der Waals surface area contributed by atoms with Crippen LogP contribution in [0.5, 0.6) is 5.06 Å². The largest absolute Gasteiger partial charge is 0.499 e. The van der Waals surface area contributed by atoms with E-state index in [0.29, 0.717) is 5.06 Å². The van der Waals surface area contributed by atoms with E-state index in [4.69, 9.17) is 0 Å². The molecule has 0 bridgehead atoms. The van der Waals surface area contributed by atoms with E-state index in [0.717, 1.165) is 12.0 Å². The first-order valence-electron chi connectivity index (χ1n) is 4.13. The van der Waals surface area contributed by atoms with Crippen LogP contribution in [-0.2, 0) is 6.42 Å². The average molecular weight is 304 g/mol. The molecule has 0 aliphatic carbocycles. The van der Waals surface area contributed by atoms with Gasteiger partial charge in [0.15, 0.2) is 5.06 Å². The Morgan fingerprint density at radius 1 is 1.46 bits per heavy atom. The van der Waals surface area contributed by atoms with E-state index >= 15 is 0 Å². The van der Waals surface area contributed by atoms with E-state index < -0.39 is 0 Å². The molecule has 0 aliphatic rings. The van der Waals surface area contributed by atoms with Crippen molar-refractivity contribution in [3.8, 4) is 5.06 Å². The highest BCUT2D eigenvalue weighted by Gasteiger charge is 2.11. The summed E-state index contributed by atoms with van der Waals surface area (Å²) < 4.78 is 2.41. The van der Waals surface area contributed by atoms with Crippen molar-refractivity contribution in [2.45, 2.75) is 13.3 Å². The van der Waals surface area contributed by atoms with E-state index in [9.17, 15) is 5.11 Å². The third-order valence-electron chi connectivity index (χ3n) is 2.10. The van der Waals surface area contributed by atoms with Gasteiger partial charge in [-0.05, 0) is 41.1 Å². The van der Waals surface area contributed by atoms with Crippen molar-refractivity contribution >= 4 is 44.0 Å². The van der Waals surface area contributed by atoms with Crippen molar-refractivity contribution in [3.63, 3.8) is 0 Å². The van der Waals surface area contributed by atoms with Gasteiger partial charge >= 0.3 is 0 Å². The summed E-state index contributed by atoms with van der Waals surface area (Å²) in [6.07, 6.45) is 0.895. The van der Waals surface area contributed by atoms with Crippen molar-refractivity contribution in [2.24, 2.45) is 0 Å². The van der Waals surface area contributed by atoms with Crippen LogP contribution in [0.15, 0.2) is 18.2 Å². The Morgan fingerprint density at radius 2 is 2.23 bits per heavy atom. The molecule has 0 atom stereocenters. The van der Waals surface area contributed by atoms with Crippen LogP contribution in [0.4, 0.5) is 0 Å². The summed E-state index contributed by atoms with van der Waals surface area (Å²) in [5.74, 6) is 0. The number of rotatable bonds is 1. The lowest BCUT2D eigenvalue weighted by atomic mass is 10.1. The van der Waals surface area contributed by atoms with Gasteiger partial charge in [-0.1, -0.05) is 24.3 Å². The molecular weight excluding hydrogens is 295 g/mol. The molecule has 0 spiro atoms. The second-order valence-corrected chi connectivity index (χ2v) is 5.05. The molecule has 0 saturated carbocycles. The van der Waals surface area contributed by atoms with Gasteiger partial charge < -0.3 is 5.11 Å². The lowest BCUT2D eigenvalue weighted by Crippen LogP contribution is -1.79. The van der Waals surface area contributed by atoms with Gasteiger partial charge in [0, 0.05) is 19.2 Å². The Labute approximate surface area is 94.5 Å². The Kier molecular flexibility index (Phi) is 2.47. The molecule has 3 heteroatoms. The average Bonchev–Trinajstić information content (AvgIpc) is 2.42. The van der Waals surface area contributed by atoms with Crippen LogP contribution in [0.25, 0.3) is 10.1 Å². The molecule has 0 amide bonds. The first-order valence-corrected chi connectivity index (χ1v) is 6.02. The molecule has 1 heterocycles. The normalized spacial score (nSPS) is 10.9. The van der Waals surface area contributed by atoms with Crippen molar-refractivity contribution in [1.29, 1.82) is 0 Å². The zero-order chi connectivity index (χ0) is 9.42. The summed E-state index contributed by atoms with van der Waals surface area (Å²) in [5.41, 5.74) is 1.09. The second kappa shape index (κ2) is 3.46. The van der Waals surface area contributed by atoms with Crippen LogP contribution in [-0.4, -0.2) is 5.11 Å². The van der Waals surface area contributed by atoms with Gasteiger partial charge in [0.25, 0.3) is 0 Å². The monoisotopic (exact) mass is 304 g/mol. The minimum atomic E-state index is 0.474. The Hall–Kier alpha value is -0.290. The van der Waals surface area contributed by atoms with Crippen LogP contribution in [0.1, 0.15) is 12.5 Å². The van der Waals surface area contributed by atoms with Gasteiger partial charge in [0.2, 0.25) is 0 Å². The molecule has 1 aromatic carbocycles. The molecule has 1 nitrogen and oxygen atoms in total. The summed E-state index contributed by atoms with van der Waals surface area (Å²) in [7, 11) is 0. The van der Waals surface area contributed by atoms with Gasteiger partial charge in [-0.2, -0.15) is 0 Å². The Bertz CT molecular complexity index is 447. The minimum Gasteiger partial charge on any atom is -0.499 e. The zero-order valence-corrected chi connectivity index (χ0v) is 10.1. The summed E-state index contributed by atoms with van der Waals surface area (Å²) in [5, 5.41) is 11.4. The highest BCUT2D eigenvalue weighted by molar-refractivity contribution is 14.1. The number of aromatic hydroxyl groups is 1. The Morgan fingerprint density at radius 3 is 2.92 bits per heavy atom. The van der Waals surface area contributed by atoms with Crippen LogP contribution in [0.3, 0.4) is 0 Å². The molecular formula is C10H9IOS. The third kappa shape index (κ3) is 1.44. The molecule has 1 aromatic heterocycles. The number of benzene rings is 1. The van der Waals surface area contributed by atoms with E-state index in [1.807, 2.05) is 6.07 Å².